The molecule has 4 heteroatoms. The van der Waals surface area contributed by atoms with Crippen LogP contribution in [0.3, 0.4) is 0 Å². The summed E-state index contributed by atoms with van der Waals surface area (Å²) in [6.07, 6.45) is 4.60. The first kappa shape index (κ1) is 9.27. The number of hydrogen-bond donors (Lipinski definition) is 1. The van der Waals surface area contributed by atoms with E-state index in [2.05, 4.69) is 5.92 Å². The van der Waals surface area contributed by atoms with Crippen LogP contribution in [0, 0.1) is 12.3 Å². The number of hydrogen-bond acceptors (Lipinski definition) is 4. The predicted molar refractivity (Wildman–Crippen MR) is 49.5 cm³/mol. The van der Waals surface area contributed by atoms with E-state index in [4.69, 9.17) is 11.2 Å². The van der Waals surface area contributed by atoms with Gasteiger partial charge in [0.1, 0.15) is 6.61 Å². The Morgan fingerprint density at radius 2 is 2.27 bits per heavy atom. The molecule has 1 fully saturated rings. The monoisotopic (exact) mass is 190 g/mol. The number of ether oxygens (including phenoxy) is 1. The van der Waals surface area contributed by atoms with Gasteiger partial charge in [-0.25, -0.2) is 0 Å². The Morgan fingerprint density at radius 3 is 2.91 bits per heavy atom. The van der Waals surface area contributed by atoms with Crippen molar-refractivity contribution < 1.29 is 9.84 Å². The zero-order chi connectivity index (χ0) is 8.10. The summed E-state index contributed by atoms with van der Waals surface area (Å²) in [5, 5.41) is 9.37. The van der Waals surface area contributed by atoms with Gasteiger partial charge in [0.25, 0.3) is 0 Å². The third-order valence-electron chi connectivity index (χ3n) is 1.36. The lowest BCUT2D eigenvalue weighted by molar-refractivity contribution is 0.000827. The highest BCUT2D eigenvalue weighted by molar-refractivity contribution is 8.76. The lowest BCUT2D eigenvalue weighted by atomic mass is 10.2. The molecule has 1 aliphatic heterocycles. The Kier molecular flexibility index (Phi) is 4.16. The van der Waals surface area contributed by atoms with E-state index in [0.717, 1.165) is 11.5 Å². The lowest BCUT2D eigenvalue weighted by Crippen LogP contribution is -2.35. The topological polar surface area (TPSA) is 29.5 Å². The molecule has 0 bridgehead atoms. The fourth-order valence-electron chi connectivity index (χ4n) is 0.766. The molecular weight excluding hydrogens is 180 g/mol. The number of terminal acetylenes is 1. The van der Waals surface area contributed by atoms with Gasteiger partial charge in [-0.05, 0) is 0 Å². The summed E-state index contributed by atoms with van der Waals surface area (Å²) in [6, 6.07) is 0. The molecule has 0 aliphatic carbocycles. The second-order valence-electron chi connectivity index (χ2n) is 2.19. The minimum Gasteiger partial charge on any atom is -0.389 e. The number of aliphatic hydroxyl groups is 1. The van der Waals surface area contributed by atoms with Crippen LogP contribution in [0.25, 0.3) is 0 Å². The predicted octanol–water partition coefficient (Wildman–Crippen LogP) is 0.761. The molecule has 1 heterocycles. The molecule has 0 radical (unpaired) electrons. The van der Waals surface area contributed by atoms with Gasteiger partial charge in [0.2, 0.25) is 0 Å². The van der Waals surface area contributed by atoms with Crippen LogP contribution in [0.1, 0.15) is 0 Å². The first-order valence-corrected chi connectivity index (χ1v) is 5.81. The van der Waals surface area contributed by atoms with Gasteiger partial charge in [0.05, 0.1) is 12.2 Å². The normalized spacial score (nSPS) is 31.3. The summed E-state index contributed by atoms with van der Waals surface area (Å²) in [5.74, 6) is 3.95. The van der Waals surface area contributed by atoms with E-state index in [-0.39, 0.29) is 12.2 Å². The van der Waals surface area contributed by atoms with E-state index in [0.29, 0.717) is 6.61 Å². The molecule has 1 saturated heterocycles. The van der Waals surface area contributed by atoms with Crippen molar-refractivity contribution in [1.82, 2.24) is 0 Å². The first-order valence-electron chi connectivity index (χ1n) is 3.32. The molecule has 0 aromatic rings. The first-order chi connectivity index (χ1) is 5.34. The molecule has 0 aromatic heterocycles. The maximum atomic E-state index is 9.37. The number of rotatable bonds is 2. The van der Waals surface area contributed by atoms with E-state index in [9.17, 15) is 5.11 Å². The molecular formula is C7H10O2S2. The molecule has 0 aromatic carbocycles. The average molecular weight is 190 g/mol. The number of aliphatic hydroxyl groups excluding tert-OH is 1. The summed E-state index contributed by atoms with van der Waals surface area (Å²) in [7, 11) is 3.40. The zero-order valence-electron chi connectivity index (χ0n) is 6.03. The standard InChI is InChI=1S/C7H10O2S2/c1-2-3-9-7-5-11-10-4-6(7)8/h1,6-8H,3-5H2/t6-,7?/m1/s1. The highest BCUT2D eigenvalue weighted by Gasteiger charge is 2.24. The van der Waals surface area contributed by atoms with Crippen LogP contribution >= 0.6 is 21.6 Å². The summed E-state index contributed by atoms with van der Waals surface area (Å²) in [5.41, 5.74) is 0. The zero-order valence-corrected chi connectivity index (χ0v) is 7.66. The van der Waals surface area contributed by atoms with Crippen LogP contribution in [-0.4, -0.2) is 35.4 Å². The smallest absolute Gasteiger partial charge is 0.108 e. The van der Waals surface area contributed by atoms with Gasteiger partial charge in [-0.1, -0.05) is 27.5 Å². The van der Waals surface area contributed by atoms with Crippen LogP contribution in [0.15, 0.2) is 0 Å². The average Bonchev–Trinajstić information content (AvgIpc) is 2.03. The van der Waals surface area contributed by atoms with E-state index in [1.165, 1.54) is 0 Å². The fourth-order valence-corrected chi connectivity index (χ4v) is 3.16. The second kappa shape index (κ2) is 4.94. The summed E-state index contributed by atoms with van der Waals surface area (Å²) < 4.78 is 5.22. The third-order valence-corrected chi connectivity index (χ3v) is 3.79. The Labute approximate surface area is 74.5 Å². The van der Waals surface area contributed by atoms with Gasteiger partial charge < -0.3 is 9.84 Å². The second-order valence-corrected chi connectivity index (χ2v) is 4.74. The van der Waals surface area contributed by atoms with Crippen LogP contribution in [0.4, 0.5) is 0 Å². The van der Waals surface area contributed by atoms with Crippen molar-refractivity contribution in [3.63, 3.8) is 0 Å². The maximum Gasteiger partial charge on any atom is 0.108 e. The van der Waals surface area contributed by atoms with Crippen molar-refractivity contribution in [3.05, 3.63) is 0 Å². The van der Waals surface area contributed by atoms with E-state index in [1.807, 2.05) is 0 Å². The van der Waals surface area contributed by atoms with Crippen LogP contribution in [0.5, 0.6) is 0 Å². The molecule has 0 spiro atoms. The Balaban J connectivity index is 2.25. The quantitative estimate of drug-likeness (QED) is 0.514. The van der Waals surface area contributed by atoms with Gasteiger partial charge in [-0.15, -0.1) is 6.42 Å². The molecule has 1 aliphatic rings. The minimum absolute atomic E-state index is 0.0719. The molecule has 2 atom stereocenters. The molecule has 62 valence electrons. The van der Waals surface area contributed by atoms with Crippen molar-refractivity contribution in [3.8, 4) is 12.3 Å². The SMILES string of the molecule is C#CCOC1CSSC[C@H]1O. The molecule has 1 rings (SSSR count). The highest BCUT2D eigenvalue weighted by atomic mass is 33.1. The Hall–Kier alpha value is 0.180. The van der Waals surface area contributed by atoms with E-state index < -0.39 is 0 Å². The summed E-state index contributed by atoms with van der Waals surface area (Å²) in [4.78, 5) is 0. The third kappa shape index (κ3) is 2.96. The Bertz CT molecular complexity index is 155. The largest absolute Gasteiger partial charge is 0.389 e. The van der Waals surface area contributed by atoms with Gasteiger partial charge in [-0.2, -0.15) is 0 Å². The van der Waals surface area contributed by atoms with Crippen LogP contribution < -0.4 is 0 Å². The van der Waals surface area contributed by atoms with Crippen molar-refractivity contribution in [2.45, 2.75) is 12.2 Å². The van der Waals surface area contributed by atoms with Gasteiger partial charge in [0, 0.05) is 11.5 Å². The molecule has 2 nitrogen and oxygen atoms in total. The van der Waals surface area contributed by atoms with Crippen molar-refractivity contribution in [1.29, 1.82) is 0 Å². The minimum atomic E-state index is -0.352. The molecule has 1 N–H and O–H groups in total. The van der Waals surface area contributed by atoms with Crippen molar-refractivity contribution >= 4 is 21.6 Å². The fraction of sp³-hybridized carbons (Fsp3) is 0.714. The van der Waals surface area contributed by atoms with Crippen molar-refractivity contribution in [2.24, 2.45) is 0 Å². The van der Waals surface area contributed by atoms with Crippen LogP contribution in [0.2, 0.25) is 0 Å². The molecule has 0 saturated carbocycles. The lowest BCUT2D eigenvalue weighted by Gasteiger charge is -2.25. The van der Waals surface area contributed by atoms with Crippen LogP contribution in [-0.2, 0) is 4.74 Å². The molecule has 0 amide bonds. The Morgan fingerprint density at radius 1 is 1.55 bits per heavy atom. The highest BCUT2D eigenvalue weighted by Crippen LogP contribution is 2.30. The van der Waals surface area contributed by atoms with Crippen molar-refractivity contribution in [2.75, 3.05) is 18.1 Å². The van der Waals surface area contributed by atoms with Gasteiger partial charge >= 0.3 is 0 Å². The van der Waals surface area contributed by atoms with E-state index >= 15 is 0 Å². The summed E-state index contributed by atoms with van der Waals surface area (Å²) >= 11 is 0. The van der Waals surface area contributed by atoms with Gasteiger partial charge in [-0.3, -0.25) is 0 Å². The molecule has 11 heavy (non-hydrogen) atoms. The summed E-state index contributed by atoms with van der Waals surface area (Å²) in [6.45, 7) is 0.299. The van der Waals surface area contributed by atoms with Gasteiger partial charge in [0.15, 0.2) is 0 Å². The van der Waals surface area contributed by atoms with E-state index in [1.54, 1.807) is 21.6 Å². The maximum absolute atomic E-state index is 9.37. The molecule has 1 unspecified atom stereocenters.